The Morgan fingerprint density at radius 2 is 1.77 bits per heavy atom. The van der Waals surface area contributed by atoms with E-state index in [0.717, 1.165) is 35.8 Å². The Balaban J connectivity index is 1.43. The summed E-state index contributed by atoms with van der Waals surface area (Å²) in [6.45, 7) is 5.51. The summed E-state index contributed by atoms with van der Waals surface area (Å²) >= 11 is 1.39. The van der Waals surface area contributed by atoms with Crippen molar-refractivity contribution in [1.29, 1.82) is 0 Å². The number of halogens is 3. The van der Waals surface area contributed by atoms with Crippen molar-refractivity contribution in [1.82, 2.24) is 0 Å². The van der Waals surface area contributed by atoms with Gasteiger partial charge in [-0.15, -0.1) is 11.3 Å². The average molecular weight is 575 g/mol. The van der Waals surface area contributed by atoms with E-state index in [9.17, 15) is 27.6 Å². The van der Waals surface area contributed by atoms with Gasteiger partial charge in [0.1, 0.15) is 10.8 Å². The van der Waals surface area contributed by atoms with Gasteiger partial charge in [-0.25, -0.2) is 4.79 Å². The summed E-state index contributed by atoms with van der Waals surface area (Å²) in [6.07, 6.45) is -3.20. The molecule has 2 N–H and O–H groups in total. The maximum Gasteiger partial charge on any atom is 0.418 e. The van der Waals surface area contributed by atoms with Crippen molar-refractivity contribution in [3.63, 3.8) is 0 Å². The molecule has 0 aliphatic heterocycles. The van der Waals surface area contributed by atoms with Crippen molar-refractivity contribution in [3.8, 4) is 5.75 Å². The van der Waals surface area contributed by atoms with E-state index >= 15 is 0 Å². The molecule has 11 heteroatoms. The van der Waals surface area contributed by atoms with Crippen molar-refractivity contribution in [3.05, 3.63) is 75.7 Å². The lowest BCUT2D eigenvalue weighted by Crippen LogP contribution is -2.31. The normalized spacial score (nSPS) is 15.5. The topological polar surface area (TPSA) is 93.7 Å². The second-order valence-electron chi connectivity index (χ2n) is 9.55. The number of carbonyl (C=O) groups is 3. The van der Waals surface area contributed by atoms with Crippen LogP contribution in [0.5, 0.6) is 5.75 Å². The van der Waals surface area contributed by atoms with Gasteiger partial charge in [0.15, 0.2) is 6.10 Å². The molecular formula is C29H29F3N2O5S. The zero-order chi connectivity index (χ0) is 29.0. The predicted molar refractivity (Wildman–Crippen MR) is 146 cm³/mol. The van der Waals surface area contributed by atoms with E-state index in [1.54, 1.807) is 6.92 Å². The fourth-order valence-corrected chi connectivity index (χ4v) is 5.84. The van der Waals surface area contributed by atoms with E-state index in [-0.39, 0.29) is 23.6 Å². The summed E-state index contributed by atoms with van der Waals surface area (Å²) in [5.74, 6) is -0.921. The number of carbonyl (C=O) groups excluding carboxylic acids is 3. The van der Waals surface area contributed by atoms with Gasteiger partial charge in [-0.05, 0) is 81.0 Å². The van der Waals surface area contributed by atoms with Crippen molar-refractivity contribution in [2.45, 2.75) is 52.3 Å². The fraction of sp³-hybridized carbons (Fsp3) is 0.345. The van der Waals surface area contributed by atoms with Crippen LogP contribution in [0.4, 0.5) is 23.9 Å². The highest BCUT2D eigenvalue weighted by molar-refractivity contribution is 7.17. The summed E-state index contributed by atoms with van der Waals surface area (Å²) in [4.78, 5) is 39.3. The van der Waals surface area contributed by atoms with Crippen LogP contribution in [0, 0.1) is 5.92 Å². The molecule has 0 fully saturated rings. The Morgan fingerprint density at radius 3 is 2.45 bits per heavy atom. The van der Waals surface area contributed by atoms with Gasteiger partial charge in [0.25, 0.3) is 11.8 Å². The Labute approximate surface area is 233 Å². The van der Waals surface area contributed by atoms with E-state index in [1.807, 2.05) is 0 Å². The monoisotopic (exact) mass is 574 g/mol. The van der Waals surface area contributed by atoms with Crippen molar-refractivity contribution in [2.75, 3.05) is 17.2 Å². The molecule has 0 bridgehead atoms. The highest BCUT2D eigenvalue weighted by Crippen LogP contribution is 2.40. The highest BCUT2D eigenvalue weighted by Gasteiger charge is 2.34. The first kappa shape index (κ1) is 29.1. The fourth-order valence-electron chi connectivity index (χ4n) is 4.45. The van der Waals surface area contributed by atoms with Crippen LogP contribution < -0.4 is 15.4 Å². The van der Waals surface area contributed by atoms with Crippen LogP contribution in [0.25, 0.3) is 0 Å². The van der Waals surface area contributed by atoms with Gasteiger partial charge in [-0.2, -0.15) is 13.2 Å². The standard InChI is InChI=1S/C29H29F3N2O5S/c1-4-38-28(37)24-20-14-9-16(2)15-23(20)40-27(24)34-26(36)18-10-12-19(13-11-18)39-17(3)25(35)33-22-8-6-5-7-21(22)29(30,31)32/h5-8,10-13,16-17H,4,9,14-15H2,1-3H3,(H,33,35)(H,34,36). The Kier molecular flexibility index (Phi) is 8.82. The van der Waals surface area contributed by atoms with E-state index in [4.69, 9.17) is 9.47 Å². The molecule has 0 saturated heterocycles. The van der Waals surface area contributed by atoms with Gasteiger partial charge in [0.2, 0.25) is 0 Å². The van der Waals surface area contributed by atoms with Gasteiger partial charge in [0.05, 0.1) is 23.4 Å². The second kappa shape index (κ2) is 12.1. The average Bonchev–Trinajstić information content (AvgIpc) is 3.25. The number of anilines is 2. The molecule has 1 aliphatic rings. The molecule has 2 atom stereocenters. The predicted octanol–water partition coefficient (Wildman–Crippen LogP) is 6.73. The number of esters is 1. The maximum atomic E-state index is 13.2. The quantitative estimate of drug-likeness (QED) is 0.291. The summed E-state index contributed by atoms with van der Waals surface area (Å²) < 4.78 is 50.5. The molecular weight excluding hydrogens is 545 g/mol. The molecule has 2 aromatic carbocycles. The number of thiophene rings is 1. The number of fused-ring (bicyclic) bond motifs is 1. The minimum absolute atomic E-state index is 0.222. The summed E-state index contributed by atoms with van der Waals surface area (Å²) in [7, 11) is 0. The Morgan fingerprint density at radius 1 is 1.07 bits per heavy atom. The Hall–Kier alpha value is -3.86. The lowest BCUT2D eigenvalue weighted by atomic mass is 9.88. The molecule has 7 nitrogen and oxygen atoms in total. The molecule has 2 unspecified atom stereocenters. The van der Waals surface area contributed by atoms with E-state index in [1.165, 1.54) is 60.7 Å². The smallest absolute Gasteiger partial charge is 0.418 e. The van der Waals surface area contributed by atoms with Crippen LogP contribution in [0.2, 0.25) is 0 Å². The van der Waals surface area contributed by atoms with E-state index in [2.05, 4.69) is 17.6 Å². The molecule has 0 radical (unpaired) electrons. The van der Waals surface area contributed by atoms with Crippen LogP contribution >= 0.6 is 11.3 Å². The molecule has 1 heterocycles. The number of para-hydroxylation sites is 1. The van der Waals surface area contributed by atoms with Crippen LogP contribution in [0.1, 0.15) is 63.9 Å². The van der Waals surface area contributed by atoms with Gasteiger partial charge < -0.3 is 20.1 Å². The molecule has 3 aromatic rings. The van der Waals surface area contributed by atoms with Crippen LogP contribution in [-0.2, 0) is 28.5 Å². The molecule has 2 amide bonds. The van der Waals surface area contributed by atoms with E-state index < -0.39 is 35.6 Å². The molecule has 4 rings (SSSR count). The number of hydrogen-bond donors (Lipinski definition) is 2. The molecule has 0 saturated carbocycles. The largest absolute Gasteiger partial charge is 0.481 e. The number of amides is 2. The third-order valence-corrected chi connectivity index (χ3v) is 7.68. The first-order valence-corrected chi connectivity index (χ1v) is 13.7. The maximum absolute atomic E-state index is 13.2. The number of nitrogens with one attached hydrogen (secondary N) is 2. The minimum Gasteiger partial charge on any atom is -0.481 e. The SMILES string of the molecule is CCOC(=O)c1c(NC(=O)c2ccc(OC(C)C(=O)Nc3ccccc3C(F)(F)F)cc2)sc2c1CCC(C)C2. The Bertz CT molecular complexity index is 1400. The summed E-state index contributed by atoms with van der Waals surface area (Å²) in [6, 6.07) is 10.6. The number of benzene rings is 2. The van der Waals surface area contributed by atoms with Gasteiger partial charge in [-0.1, -0.05) is 19.1 Å². The molecule has 40 heavy (non-hydrogen) atoms. The summed E-state index contributed by atoms with van der Waals surface area (Å²) in [5, 5.41) is 5.55. The molecule has 0 spiro atoms. The first-order valence-electron chi connectivity index (χ1n) is 12.8. The van der Waals surface area contributed by atoms with Crippen LogP contribution in [-0.4, -0.2) is 30.5 Å². The van der Waals surface area contributed by atoms with Gasteiger partial charge >= 0.3 is 12.1 Å². The molecule has 1 aromatic heterocycles. The van der Waals surface area contributed by atoms with E-state index in [0.29, 0.717) is 16.5 Å². The number of hydrogen-bond acceptors (Lipinski definition) is 6. The van der Waals surface area contributed by atoms with Crippen LogP contribution in [0.15, 0.2) is 48.5 Å². The third kappa shape index (κ3) is 6.64. The van der Waals surface area contributed by atoms with Crippen LogP contribution in [0.3, 0.4) is 0 Å². The zero-order valence-corrected chi connectivity index (χ0v) is 23.0. The number of rotatable bonds is 8. The van der Waals surface area contributed by atoms with Gasteiger partial charge in [0, 0.05) is 10.4 Å². The minimum atomic E-state index is -4.62. The van der Waals surface area contributed by atoms with Crippen molar-refractivity contribution < 1.29 is 37.0 Å². The zero-order valence-electron chi connectivity index (χ0n) is 22.2. The van der Waals surface area contributed by atoms with Crippen molar-refractivity contribution >= 4 is 39.8 Å². The first-order chi connectivity index (χ1) is 19.0. The third-order valence-electron chi connectivity index (χ3n) is 6.51. The van der Waals surface area contributed by atoms with Crippen molar-refractivity contribution in [2.24, 2.45) is 5.92 Å². The highest BCUT2D eigenvalue weighted by atomic mass is 32.1. The molecule has 1 aliphatic carbocycles. The summed E-state index contributed by atoms with van der Waals surface area (Å²) in [5.41, 5.74) is 0.310. The molecule has 212 valence electrons. The lowest BCUT2D eigenvalue weighted by Gasteiger charge is -2.18. The number of alkyl halides is 3. The number of ether oxygens (including phenoxy) is 2. The van der Waals surface area contributed by atoms with Gasteiger partial charge in [-0.3, -0.25) is 9.59 Å². The second-order valence-corrected chi connectivity index (χ2v) is 10.7. The lowest BCUT2D eigenvalue weighted by molar-refractivity contribution is -0.137.